The number of aliphatic hydroxyl groups excluding tert-OH is 1. The fourth-order valence-electron chi connectivity index (χ4n) is 2.08. The second-order valence-corrected chi connectivity index (χ2v) is 4.39. The van der Waals surface area contributed by atoms with Crippen LogP contribution < -0.4 is 5.32 Å². The lowest BCUT2D eigenvalue weighted by Gasteiger charge is -2.20. The number of benzene rings is 2. The third-order valence-corrected chi connectivity index (χ3v) is 3.07. The minimum Gasteiger partial charge on any atom is -0.396 e. The molecule has 0 fully saturated rings. The maximum Gasteiger partial charge on any atom is 0.143 e. The third-order valence-electron chi connectivity index (χ3n) is 3.07. The van der Waals surface area contributed by atoms with Crippen LogP contribution in [0, 0.1) is 17.1 Å². The fraction of sp³-hybridized carbons (Fsp3) is 0.188. The Morgan fingerprint density at radius 3 is 2.55 bits per heavy atom. The number of nitriles is 1. The van der Waals surface area contributed by atoms with Gasteiger partial charge in [0.25, 0.3) is 0 Å². The minimum atomic E-state index is -0.548. The van der Waals surface area contributed by atoms with Crippen molar-refractivity contribution in [1.82, 2.24) is 0 Å². The van der Waals surface area contributed by atoms with E-state index in [0.29, 0.717) is 12.1 Å². The van der Waals surface area contributed by atoms with E-state index in [9.17, 15) is 9.50 Å². The van der Waals surface area contributed by atoms with Crippen molar-refractivity contribution < 1.29 is 9.50 Å². The molecule has 0 saturated carbocycles. The lowest BCUT2D eigenvalue weighted by Crippen LogP contribution is -2.13. The van der Waals surface area contributed by atoms with Crippen LogP contribution in [-0.4, -0.2) is 11.7 Å². The Hall–Kier alpha value is -2.38. The Morgan fingerprint density at radius 1 is 1.15 bits per heavy atom. The summed E-state index contributed by atoms with van der Waals surface area (Å²) in [5.74, 6) is -0.548. The predicted molar refractivity (Wildman–Crippen MR) is 75.6 cm³/mol. The molecule has 2 aromatic carbocycles. The molecule has 0 aliphatic heterocycles. The lowest BCUT2D eigenvalue weighted by molar-refractivity contribution is 0.280. The quantitative estimate of drug-likeness (QED) is 0.877. The predicted octanol–water partition coefficient (Wildman–Crippen LogP) is 3.23. The normalized spacial score (nSPS) is 11.7. The molecule has 0 heterocycles. The summed E-state index contributed by atoms with van der Waals surface area (Å²) in [5.41, 5.74) is 1.41. The Labute approximate surface area is 117 Å². The zero-order valence-corrected chi connectivity index (χ0v) is 10.9. The van der Waals surface area contributed by atoms with Crippen molar-refractivity contribution in [2.75, 3.05) is 11.9 Å². The van der Waals surface area contributed by atoms with Crippen molar-refractivity contribution in [2.45, 2.75) is 12.5 Å². The molecule has 0 aromatic heterocycles. The molecule has 102 valence electrons. The second kappa shape index (κ2) is 6.69. The summed E-state index contributed by atoms with van der Waals surface area (Å²) in [5, 5.41) is 21.3. The van der Waals surface area contributed by atoms with Crippen molar-refractivity contribution in [3.8, 4) is 6.07 Å². The van der Waals surface area contributed by atoms with Crippen LogP contribution in [0.1, 0.15) is 23.6 Å². The topological polar surface area (TPSA) is 56.0 Å². The molecule has 2 aromatic rings. The highest BCUT2D eigenvalue weighted by molar-refractivity contribution is 5.59. The van der Waals surface area contributed by atoms with E-state index < -0.39 is 5.82 Å². The molecular formula is C16H15FN2O. The molecule has 3 nitrogen and oxygen atoms in total. The highest BCUT2D eigenvalue weighted by Gasteiger charge is 2.14. The van der Waals surface area contributed by atoms with Crippen molar-refractivity contribution in [2.24, 2.45) is 0 Å². The van der Waals surface area contributed by atoms with Crippen molar-refractivity contribution >= 4 is 5.69 Å². The summed E-state index contributed by atoms with van der Waals surface area (Å²) in [6.45, 7) is 0.00373. The summed E-state index contributed by atoms with van der Waals surface area (Å²) in [7, 11) is 0. The van der Waals surface area contributed by atoms with E-state index in [1.54, 1.807) is 12.1 Å². The van der Waals surface area contributed by atoms with Gasteiger partial charge in [0.05, 0.1) is 11.7 Å². The Morgan fingerprint density at radius 2 is 1.90 bits per heavy atom. The van der Waals surface area contributed by atoms with E-state index in [0.717, 1.165) is 5.56 Å². The van der Waals surface area contributed by atoms with E-state index in [1.165, 1.54) is 6.07 Å². The highest BCUT2D eigenvalue weighted by atomic mass is 19.1. The van der Waals surface area contributed by atoms with Crippen LogP contribution in [0.25, 0.3) is 0 Å². The summed E-state index contributed by atoms with van der Waals surface area (Å²) in [6.07, 6.45) is 0.478. The van der Waals surface area contributed by atoms with Crippen LogP contribution in [0.15, 0.2) is 48.5 Å². The van der Waals surface area contributed by atoms with E-state index >= 15 is 0 Å². The van der Waals surface area contributed by atoms with E-state index in [2.05, 4.69) is 5.32 Å². The molecule has 0 aliphatic carbocycles. The summed E-state index contributed by atoms with van der Waals surface area (Å²) >= 11 is 0. The van der Waals surface area contributed by atoms with Gasteiger partial charge < -0.3 is 10.4 Å². The molecule has 0 radical (unpaired) electrons. The SMILES string of the molecule is N#Cc1c(F)cccc1N[C@@H](CCO)c1ccccc1. The maximum absolute atomic E-state index is 13.6. The Bertz CT molecular complexity index is 608. The van der Waals surface area contributed by atoms with Gasteiger partial charge in [-0.25, -0.2) is 4.39 Å². The number of nitrogens with zero attached hydrogens (tertiary/aromatic N) is 1. The van der Waals surface area contributed by atoms with Gasteiger partial charge >= 0.3 is 0 Å². The molecule has 0 bridgehead atoms. The first-order chi connectivity index (χ1) is 9.76. The molecule has 0 spiro atoms. The summed E-state index contributed by atoms with van der Waals surface area (Å²) < 4.78 is 13.6. The van der Waals surface area contributed by atoms with Crippen LogP contribution in [0.5, 0.6) is 0 Å². The standard InChI is InChI=1S/C16H15FN2O/c17-14-7-4-8-16(13(14)11-18)19-15(9-10-20)12-5-2-1-3-6-12/h1-8,15,19-20H,9-10H2/t15-/m0/s1. The number of rotatable bonds is 5. The lowest BCUT2D eigenvalue weighted by atomic mass is 10.0. The zero-order valence-electron chi connectivity index (χ0n) is 10.9. The van der Waals surface area contributed by atoms with Gasteiger partial charge in [-0.15, -0.1) is 0 Å². The first kappa shape index (κ1) is 14.0. The number of nitrogens with one attached hydrogen (secondary N) is 1. The van der Waals surface area contributed by atoms with Crippen LogP contribution in [0.2, 0.25) is 0 Å². The van der Waals surface area contributed by atoms with Gasteiger partial charge in [0.15, 0.2) is 0 Å². The molecule has 1 atom stereocenters. The monoisotopic (exact) mass is 270 g/mol. The highest BCUT2D eigenvalue weighted by Crippen LogP contribution is 2.25. The first-order valence-electron chi connectivity index (χ1n) is 6.37. The molecular weight excluding hydrogens is 255 g/mol. The number of anilines is 1. The molecule has 0 unspecified atom stereocenters. The van der Waals surface area contributed by atoms with Gasteiger partial charge in [0, 0.05) is 6.61 Å². The molecule has 0 saturated heterocycles. The molecule has 2 N–H and O–H groups in total. The van der Waals surface area contributed by atoms with Gasteiger partial charge in [0.2, 0.25) is 0 Å². The van der Waals surface area contributed by atoms with Gasteiger partial charge in [-0.05, 0) is 24.1 Å². The molecule has 4 heteroatoms. The maximum atomic E-state index is 13.6. The average Bonchev–Trinajstić information content (AvgIpc) is 2.48. The Kier molecular flexibility index (Phi) is 4.70. The van der Waals surface area contributed by atoms with Crippen molar-refractivity contribution in [3.05, 3.63) is 65.5 Å². The number of halogens is 1. The van der Waals surface area contributed by atoms with Gasteiger partial charge in [0.1, 0.15) is 17.4 Å². The van der Waals surface area contributed by atoms with Crippen molar-refractivity contribution in [3.63, 3.8) is 0 Å². The third kappa shape index (κ3) is 3.14. The largest absolute Gasteiger partial charge is 0.396 e. The minimum absolute atomic E-state index is 0.00373. The smallest absolute Gasteiger partial charge is 0.143 e. The number of hydrogen-bond acceptors (Lipinski definition) is 3. The van der Waals surface area contributed by atoms with Crippen LogP contribution in [0.3, 0.4) is 0 Å². The number of hydrogen-bond donors (Lipinski definition) is 2. The van der Waals surface area contributed by atoms with E-state index in [1.807, 2.05) is 36.4 Å². The van der Waals surface area contributed by atoms with Gasteiger partial charge in [-0.2, -0.15) is 5.26 Å². The van der Waals surface area contributed by atoms with Crippen molar-refractivity contribution in [1.29, 1.82) is 5.26 Å². The second-order valence-electron chi connectivity index (χ2n) is 4.39. The van der Waals surface area contributed by atoms with Crippen LogP contribution >= 0.6 is 0 Å². The molecule has 0 aliphatic rings. The molecule has 20 heavy (non-hydrogen) atoms. The van der Waals surface area contributed by atoms with Gasteiger partial charge in [-0.3, -0.25) is 0 Å². The first-order valence-corrected chi connectivity index (χ1v) is 6.37. The van der Waals surface area contributed by atoms with E-state index in [4.69, 9.17) is 5.26 Å². The molecule has 0 amide bonds. The average molecular weight is 270 g/mol. The number of aliphatic hydroxyl groups is 1. The summed E-state index contributed by atoms with van der Waals surface area (Å²) in [6, 6.07) is 15.7. The summed E-state index contributed by atoms with van der Waals surface area (Å²) in [4.78, 5) is 0. The van der Waals surface area contributed by atoms with E-state index in [-0.39, 0.29) is 18.2 Å². The van der Waals surface area contributed by atoms with Gasteiger partial charge in [-0.1, -0.05) is 36.4 Å². The molecule has 2 rings (SSSR count). The van der Waals surface area contributed by atoms with Crippen LogP contribution in [0.4, 0.5) is 10.1 Å². The zero-order chi connectivity index (χ0) is 14.4. The Balaban J connectivity index is 2.30. The fourth-order valence-corrected chi connectivity index (χ4v) is 2.08. The van der Waals surface area contributed by atoms with Crippen LogP contribution in [-0.2, 0) is 0 Å².